The van der Waals surface area contributed by atoms with Crippen LogP contribution in [0.15, 0.2) is 36.4 Å². The van der Waals surface area contributed by atoms with Crippen molar-refractivity contribution in [2.75, 3.05) is 40.9 Å². The monoisotopic (exact) mass is 429 g/mol. The number of methoxy groups -OCH3 is 5. The van der Waals surface area contributed by atoms with Gasteiger partial charge in [-0.05, 0) is 42.0 Å². The van der Waals surface area contributed by atoms with Gasteiger partial charge in [0.25, 0.3) is 0 Å². The molecular weight excluding hydrogens is 406 g/mol. The zero-order valence-corrected chi connectivity index (χ0v) is 17.8. The van der Waals surface area contributed by atoms with E-state index in [1.807, 2.05) is 0 Å². The molecule has 0 spiro atoms. The molecular formula is C22H23NO8. The highest BCUT2D eigenvalue weighted by molar-refractivity contribution is 6.04. The van der Waals surface area contributed by atoms with Crippen molar-refractivity contribution < 1.29 is 38.1 Å². The smallest absolute Gasteiger partial charge is 0.337 e. The lowest BCUT2D eigenvalue weighted by Gasteiger charge is -2.12. The van der Waals surface area contributed by atoms with Gasteiger partial charge in [0.15, 0.2) is 11.5 Å². The van der Waals surface area contributed by atoms with Crippen molar-refractivity contribution in [3.8, 4) is 17.2 Å². The van der Waals surface area contributed by atoms with E-state index >= 15 is 0 Å². The van der Waals surface area contributed by atoms with Crippen LogP contribution in [0.1, 0.15) is 26.3 Å². The molecule has 0 aliphatic carbocycles. The molecule has 2 aromatic rings. The minimum absolute atomic E-state index is 0.0920. The second-order valence-electron chi connectivity index (χ2n) is 6.06. The van der Waals surface area contributed by atoms with Crippen molar-refractivity contribution in [2.45, 2.75) is 0 Å². The van der Waals surface area contributed by atoms with E-state index in [-0.39, 0.29) is 16.8 Å². The molecule has 0 bridgehead atoms. The standard InChI is InChI=1S/C22H23NO8/c1-27-17-8-13(9-18(28-2)20(17)29-3)6-7-19(24)23-16-11-14(21(25)30-4)10-15(12-16)22(26)31-5/h6-12H,1-5H3,(H,23,24). The Labute approximate surface area is 179 Å². The normalized spacial score (nSPS) is 10.4. The largest absolute Gasteiger partial charge is 0.493 e. The van der Waals surface area contributed by atoms with Gasteiger partial charge in [0.2, 0.25) is 11.7 Å². The molecule has 0 atom stereocenters. The third-order valence-corrected chi connectivity index (χ3v) is 4.16. The maximum atomic E-state index is 12.4. The maximum Gasteiger partial charge on any atom is 0.337 e. The summed E-state index contributed by atoms with van der Waals surface area (Å²) in [5, 5.41) is 2.60. The Bertz CT molecular complexity index is 953. The first-order valence-corrected chi connectivity index (χ1v) is 8.97. The van der Waals surface area contributed by atoms with Gasteiger partial charge in [0.05, 0.1) is 46.7 Å². The SMILES string of the molecule is COC(=O)c1cc(NC(=O)C=Cc2cc(OC)c(OC)c(OC)c2)cc(C(=O)OC)c1. The number of rotatable bonds is 8. The number of carbonyl (C=O) groups is 3. The van der Waals surface area contributed by atoms with Crippen molar-refractivity contribution in [3.05, 3.63) is 53.1 Å². The predicted octanol–water partition coefficient (Wildman–Crippen LogP) is 2.94. The summed E-state index contributed by atoms with van der Waals surface area (Å²) in [5.74, 6) is -0.498. The van der Waals surface area contributed by atoms with E-state index in [9.17, 15) is 14.4 Å². The molecule has 0 radical (unpaired) electrons. The Hall–Kier alpha value is -4.01. The van der Waals surface area contributed by atoms with E-state index < -0.39 is 17.8 Å². The van der Waals surface area contributed by atoms with Crippen LogP contribution in [-0.2, 0) is 14.3 Å². The van der Waals surface area contributed by atoms with Crippen molar-refractivity contribution in [1.29, 1.82) is 0 Å². The van der Waals surface area contributed by atoms with Crippen molar-refractivity contribution in [2.24, 2.45) is 0 Å². The third kappa shape index (κ3) is 5.75. The molecule has 0 aliphatic rings. The van der Waals surface area contributed by atoms with E-state index in [1.54, 1.807) is 18.2 Å². The highest BCUT2D eigenvalue weighted by Gasteiger charge is 2.15. The van der Waals surface area contributed by atoms with Gasteiger partial charge >= 0.3 is 11.9 Å². The minimum atomic E-state index is -0.658. The van der Waals surface area contributed by atoms with Gasteiger partial charge in [-0.3, -0.25) is 4.79 Å². The Kier molecular flexibility index (Phi) is 8.01. The van der Waals surface area contributed by atoms with Crippen LogP contribution in [-0.4, -0.2) is 53.4 Å². The quantitative estimate of drug-likeness (QED) is 0.504. The molecule has 0 saturated carbocycles. The first-order valence-electron chi connectivity index (χ1n) is 8.97. The Morgan fingerprint density at radius 1 is 0.742 bits per heavy atom. The second kappa shape index (κ2) is 10.7. The zero-order valence-electron chi connectivity index (χ0n) is 17.8. The van der Waals surface area contributed by atoms with Crippen LogP contribution in [0.4, 0.5) is 5.69 Å². The average molecular weight is 429 g/mol. The number of hydrogen-bond donors (Lipinski definition) is 1. The molecule has 2 rings (SSSR count). The van der Waals surface area contributed by atoms with Gasteiger partial charge < -0.3 is 29.0 Å². The van der Waals surface area contributed by atoms with Gasteiger partial charge in [-0.25, -0.2) is 9.59 Å². The molecule has 9 nitrogen and oxygen atoms in total. The first-order chi connectivity index (χ1) is 14.9. The van der Waals surface area contributed by atoms with E-state index in [0.717, 1.165) is 0 Å². The Morgan fingerprint density at radius 2 is 1.26 bits per heavy atom. The van der Waals surface area contributed by atoms with Crippen molar-refractivity contribution in [3.63, 3.8) is 0 Å². The van der Waals surface area contributed by atoms with Crippen LogP contribution in [0.25, 0.3) is 6.08 Å². The summed E-state index contributed by atoms with van der Waals surface area (Å²) in [6.07, 6.45) is 2.83. The number of benzene rings is 2. The molecule has 0 unspecified atom stereocenters. The molecule has 0 aromatic heterocycles. The lowest BCUT2D eigenvalue weighted by atomic mass is 10.1. The average Bonchev–Trinajstić information content (AvgIpc) is 2.80. The highest BCUT2D eigenvalue weighted by Crippen LogP contribution is 2.38. The van der Waals surface area contributed by atoms with Gasteiger partial charge in [-0.15, -0.1) is 0 Å². The van der Waals surface area contributed by atoms with E-state index in [1.165, 1.54) is 59.8 Å². The number of carbonyl (C=O) groups excluding carboxylic acids is 3. The van der Waals surface area contributed by atoms with Crippen LogP contribution in [0, 0.1) is 0 Å². The highest BCUT2D eigenvalue weighted by atomic mass is 16.5. The van der Waals surface area contributed by atoms with E-state index in [0.29, 0.717) is 22.8 Å². The molecule has 1 N–H and O–H groups in total. The summed E-state index contributed by atoms with van der Waals surface area (Å²) in [6.45, 7) is 0. The molecule has 0 saturated heterocycles. The third-order valence-electron chi connectivity index (χ3n) is 4.16. The fourth-order valence-corrected chi connectivity index (χ4v) is 2.72. The summed E-state index contributed by atoms with van der Waals surface area (Å²) in [7, 11) is 6.90. The van der Waals surface area contributed by atoms with Gasteiger partial charge in [-0.1, -0.05) is 0 Å². The lowest BCUT2D eigenvalue weighted by Crippen LogP contribution is -2.12. The van der Waals surface area contributed by atoms with Gasteiger partial charge in [0, 0.05) is 11.8 Å². The number of amides is 1. The molecule has 9 heteroatoms. The molecule has 0 aliphatic heterocycles. The minimum Gasteiger partial charge on any atom is -0.493 e. The number of anilines is 1. The molecule has 31 heavy (non-hydrogen) atoms. The number of esters is 2. The van der Waals surface area contributed by atoms with Gasteiger partial charge in [0.1, 0.15) is 0 Å². The van der Waals surface area contributed by atoms with Gasteiger partial charge in [-0.2, -0.15) is 0 Å². The number of hydrogen-bond acceptors (Lipinski definition) is 8. The van der Waals surface area contributed by atoms with Crippen molar-refractivity contribution in [1.82, 2.24) is 0 Å². The second-order valence-corrected chi connectivity index (χ2v) is 6.06. The van der Waals surface area contributed by atoms with Crippen LogP contribution >= 0.6 is 0 Å². The maximum absolute atomic E-state index is 12.4. The predicted molar refractivity (Wildman–Crippen MR) is 113 cm³/mol. The van der Waals surface area contributed by atoms with Crippen LogP contribution in [0.5, 0.6) is 17.2 Å². The van der Waals surface area contributed by atoms with E-state index in [4.69, 9.17) is 14.2 Å². The topological polar surface area (TPSA) is 109 Å². The Balaban J connectivity index is 2.28. The lowest BCUT2D eigenvalue weighted by molar-refractivity contribution is -0.111. The molecule has 0 fully saturated rings. The molecule has 1 amide bonds. The first kappa shape index (κ1) is 23.3. The zero-order chi connectivity index (χ0) is 23.0. The molecule has 0 heterocycles. The molecule has 164 valence electrons. The summed E-state index contributed by atoms with van der Waals surface area (Å²) in [5.41, 5.74) is 1.04. The van der Waals surface area contributed by atoms with E-state index in [2.05, 4.69) is 14.8 Å². The van der Waals surface area contributed by atoms with Crippen LogP contribution in [0.2, 0.25) is 0 Å². The van der Waals surface area contributed by atoms with Crippen LogP contribution in [0.3, 0.4) is 0 Å². The van der Waals surface area contributed by atoms with Crippen molar-refractivity contribution >= 4 is 29.6 Å². The summed E-state index contributed by atoms with van der Waals surface area (Å²) < 4.78 is 25.2. The van der Waals surface area contributed by atoms with Crippen LogP contribution < -0.4 is 19.5 Å². The fourth-order valence-electron chi connectivity index (χ4n) is 2.72. The summed E-state index contributed by atoms with van der Waals surface area (Å²) in [6, 6.07) is 7.46. The number of nitrogens with one attached hydrogen (secondary N) is 1. The number of ether oxygens (including phenoxy) is 5. The summed E-state index contributed by atoms with van der Waals surface area (Å²) in [4.78, 5) is 36.1. The summed E-state index contributed by atoms with van der Waals surface area (Å²) >= 11 is 0. The molecule has 2 aromatic carbocycles. The Morgan fingerprint density at radius 3 is 1.68 bits per heavy atom. The fraction of sp³-hybridized carbons (Fsp3) is 0.227.